The van der Waals surface area contributed by atoms with Crippen LogP contribution in [0.2, 0.25) is 5.02 Å². The Balaban J connectivity index is 1.64. The smallest absolute Gasteiger partial charge is 0.299 e. The minimum Gasteiger partial charge on any atom is -0.299 e. The fraction of sp³-hybridized carbons (Fsp3) is 0.100. The number of benzene rings is 1. The number of hydrogen-bond acceptors (Lipinski definition) is 5. The number of anilines is 1. The van der Waals surface area contributed by atoms with Crippen LogP contribution < -0.4 is 5.43 Å². The number of hydrazone groups is 1. The Labute approximate surface area is 186 Å². The van der Waals surface area contributed by atoms with Crippen molar-refractivity contribution in [2.24, 2.45) is 5.10 Å². The Hall–Kier alpha value is -3.67. The molecule has 0 saturated carbocycles. The second kappa shape index (κ2) is 8.35. The summed E-state index contributed by atoms with van der Waals surface area (Å²) in [7, 11) is 0. The van der Waals surface area contributed by atoms with Crippen molar-refractivity contribution in [1.82, 2.24) is 19.5 Å². The van der Waals surface area contributed by atoms with Crippen molar-refractivity contribution >= 4 is 34.7 Å². The Morgan fingerprint density at radius 3 is 2.27 bits per heavy atom. The van der Waals surface area contributed by atoms with Gasteiger partial charge in [0.15, 0.2) is 17.3 Å². The molecule has 0 radical (unpaired) electrons. The zero-order valence-corrected chi connectivity index (χ0v) is 16.9. The zero-order valence-electron chi connectivity index (χ0n) is 16.2. The first-order chi connectivity index (χ1) is 15.5. The van der Waals surface area contributed by atoms with Crippen molar-refractivity contribution in [3.05, 3.63) is 76.8 Å². The monoisotopic (exact) mass is 484 g/mol. The third kappa shape index (κ3) is 4.75. The van der Waals surface area contributed by atoms with E-state index in [0.717, 1.165) is 12.3 Å². The molecule has 0 amide bonds. The maximum atomic E-state index is 13.4. The zero-order chi connectivity index (χ0) is 23.8. The quantitative estimate of drug-likeness (QED) is 0.221. The lowest BCUT2D eigenvalue weighted by Crippen LogP contribution is -2.13. The van der Waals surface area contributed by atoms with Gasteiger partial charge in [-0.1, -0.05) is 23.7 Å². The molecule has 1 N–H and O–H groups in total. The van der Waals surface area contributed by atoms with Crippen LogP contribution in [0.15, 0.2) is 60.0 Å². The molecule has 0 unspecified atom stereocenters. The van der Waals surface area contributed by atoms with E-state index in [2.05, 4.69) is 25.5 Å². The highest BCUT2D eigenvalue weighted by Gasteiger charge is 2.37. The first-order valence-corrected chi connectivity index (χ1v) is 9.45. The summed E-state index contributed by atoms with van der Waals surface area (Å²) in [5, 5.41) is 3.51. The molecule has 0 aliphatic carbocycles. The number of para-hydroxylation sites is 2. The predicted octanol–water partition coefficient (Wildman–Crippen LogP) is 5.95. The van der Waals surface area contributed by atoms with E-state index in [1.165, 1.54) is 41.1 Å². The Kier molecular flexibility index (Phi) is 5.70. The van der Waals surface area contributed by atoms with Crippen LogP contribution in [0.25, 0.3) is 16.9 Å². The van der Waals surface area contributed by atoms with Gasteiger partial charge in [-0.3, -0.25) is 9.99 Å². The Morgan fingerprint density at radius 2 is 1.64 bits per heavy atom. The number of alkyl halides is 6. The number of nitrogens with zero attached hydrogens (tertiary/aromatic N) is 5. The van der Waals surface area contributed by atoms with Gasteiger partial charge in [0.05, 0.1) is 33.5 Å². The van der Waals surface area contributed by atoms with Crippen LogP contribution in [-0.2, 0) is 12.4 Å². The molecular formula is C20H11ClF6N6. The van der Waals surface area contributed by atoms with E-state index in [0.29, 0.717) is 6.20 Å². The van der Waals surface area contributed by atoms with Gasteiger partial charge in [-0.05, 0) is 30.3 Å². The molecule has 0 spiro atoms. The highest BCUT2D eigenvalue weighted by atomic mass is 35.5. The van der Waals surface area contributed by atoms with E-state index in [-0.39, 0.29) is 27.6 Å². The number of pyridine rings is 1. The van der Waals surface area contributed by atoms with Crippen molar-refractivity contribution in [2.45, 2.75) is 12.4 Å². The van der Waals surface area contributed by atoms with Gasteiger partial charge in [0.25, 0.3) is 0 Å². The number of halogens is 7. The van der Waals surface area contributed by atoms with Crippen molar-refractivity contribution in [3.8, 4) is 5.82 Å². The van der Waals surface area contributed by atoms with E-state index in [1.54, 1.807) is 6.07 Å². The molecule has 33 heavy (non-hydrogen) atoms. The number of nitrogens with one attached hydrogen (secondary N) is 1. The highest BCUT2D eigenvalue weighted by Crippen LogP contribution is 2.34. The van der Waals surface area contributed by atoms with Gasteiger partial charge in [0.1, 0.15) is 0 Å². The summed E-state index contributed by atoms with van der Waals surface area (Å²) in [5.74, 6) is -0.626. The van der Waals surface area contributed by atoms with E-state index < -0.39 is 29.4 Å². The Bertz CT molecular complexity index is 1350. The summed E-state index contributed by atoms with van der Waals surface area (Å²) in [5.41, 5.74) is 0.537. The van der Waals surface area contributed by atoms with Crippen LogP contribution in [0.4, 0.5) is 32.2 Å². The third-order valence-electron chi connectivity index (χ3n) is 4.36. The van der Waals surface area contributed by atoms with Crippen molar-refractivity contribution in [3.63, 3.8) is 0 Å². The molecular weight excluding hydrogens is 474 g/mol. The largest absolute Gasteiger partial charge is 0.437 e. The lowest BCUT2D eigenvalue weighted by Gasteiger charge is -2.12. The van der Waals surface area contributed by atoms with E-state index in [1.807, 2.05) is 0 Å². The molecule has 170 valence electrons. The second-order valence-corrected chi connectivity index (χ2v) is 7.01. The number of aromatic nitrogens is 4. The summed E-state index contributed by atoms with van der Waals surface area (Å²) in [6, 6.07) is 9.82. The molecule has 13 heteroatoms. The molecule has 3 heterocycles. The molecule has 1 aromatic carbocycles. The average molecular weight is 485 g/mol. The van der Waals surface area contributed by atoms with Gasteiger partial charge in [-0.15, -0.1) is 0 Å². The fourth-order valence-electron chi connectivity index (χ4n) is 2.89. The second-order valence-electron chi connectivity index (χ2n) is 6.61. The number of fused-ring (bicyclic) bond motifs is 1. The number of hydrogen-bond donors (Lipinski definition) is 1. The molecule has 4 rings (SSSR count). The van der Waals surface area contributed by atoms with E-state index >= 15 is 0 Å². The van der Waals surface area contributed by atoms with Gasteiger partial charge in [-0.2, -0.15) is 31.4 Å². The van der Waals surface area contributed by atoms with Crippen molar-refractivity contribution in [2.75, 3.05) is 5.43 Å². The average Bonchev–Trinajstić information content (AvgIpc) is 3.20. The van der Waals surface area contributed by atoms with Crippen LogP contribution in [-0.4, -0.2) is 25.7 Å². The summed E-state index contributed by atoms with van der Waals surface area (Å²) in [6.07, 6.45) is -6.17. The summed E-state index contributed by atoms with van der Waals surface area (Å²) < 4.78 is 80.1. The maximum Gasteiger partial charge on any atom is 0.437 e. The van der Waals surface area contributed by atoms with Gasteiger partial charge in [0, 0.05) is 12.4 Å². The lowest BCUT2D eigenvalue weighted by molar-refractivity contribution is -0.140. The number of rotatable bonds is 4. The summed E-state index contributed by atoms with van der Waals surface area (Å²) in [6.45, 7) is 0. The molecule has 6 nitrogen and oxygen atoms in total. The van der Waals surface area contributed by atoms with Crippen LogP contribution >= 0.6 is 11.6 Å². The van der Waals surface area contributed by atoms with Gasteiger partial charge < -0.3 is 0 Å². The van der Waals surface area contributed by atoms with Crippen molar-refractivity contribution < 1.29 is 26.3 Å². The molecule has 0 atom stereocenters. The molecule has 0 bridgehead atoms. The lowest BCUT2D eigenvalue weighted by atomic mass is 10.2. The minimum atomic E-state index is -4.78. The standard InChI is InChI=1S/C20H11ClF6N6/c21-13-8-11(19(22,23)24)9-28-18(13)33-7-3-4-12(33)10-29-32-17-16(20(25,26)27)30-14-5-1-2-6-15(14)31-17/h1-10H,(H,31,32). The molecule has 0 aliphatic heterocycles. The minimum absolute atomic E-state index is 0.0161. The molecule has 0 fully saturated rings. The highest BCUT2D eigenvalue weighted by molar-refractivity contribution is 6.32. The first kappa shape index (κ1) is 22.5. The molecule has 0 aliphatic rings. The topological polar surface area (TPSA) is 68.0 Å². The van der Waals surface area contributed by atoms with Crippen LogP contribution in [0, 0.1) is 0 Å². The normalized spacial score (nSPS) is 12.6. The fourth-order valence-corrected chi connectivity index (χ4v) is 3.15. The van der Waals surface area contributed by atoms with Crippen LogP contribution in [0.5, 0.6) is 0 Å². The van der Waals surface area contributed by atoms with Crippen LogP contribution in [0.3, 0.4) is 0 Å². The Morgan fingerprint density at radius 1 is 0.939 bits per heavy atom. The van der Waals surface area contributed by atoms with E-state index in [9.17, 15) is 26.3 Å². The molecule has 0 saturated heterocycles. The predicted molar refractivity (Wildman–Crippen MR) is 109 cm³/mol. The maximum absolute atomic E-state index is 13.4. The summed E-state index contributed by atoms with van der Waals surface area (Å²) in [4.78, 5) is 11.3. The molecule has 4 aromatic rings. The summed E-state index contributed by atoms with van der Waals surface area (Å²) >= 11 is 5.97. The molecule has 3 aromatic heterocycles. The van der Waals surface area contributed by atoms with Gasteiger partial charge >= 0.3 is 12.4 Å². The third-order valence-corrected chi connectivity index (χ3v) is 4.64. The van der Waals surface area contributed by atoms with Crippen LogP contribution in [0.1, 0.15) is 17.0 Å². The SMILES string of the molecule is FC(F)(F)c1cnc(-n2cccc2C=NNc2nc3ccccc3nc2C(F)(F)F)c(Cl)c1. The van der Waals surface area contributed by atoms with E-state index in [4.69, 9.17) is 11.6 Å². The van der Waals surface area contributed by atoms with Crippen molar-refractivity contribution in [1.29, 1.82) is 0 Å². The van der Waals surface area contributed by atoms with Gasteiger partial charge in [0.2, 0.25) is 0 Å². The van der Waals surface area contributed by atoms with Gasteiger partial charge in [-0.25, -0.2) is 15.0 Å². The first-order valence-electron chi connectivity index (χ1n) is 9.07.